The van der Waals surface area contributed by atoms with Crippen LogP contribution in [0.4, 0.5) is 0 Å². The molecule has 5 rings (SSSR count). The van der Waals surface area contributed by atoms with Crippen LogP contribution >= 0.6 is 0 Å². The normalized spacial score (nSPS) is 10.8. The summed E-state index contributed by atoms with van der Waals surface area (Å²) in [5.41, 5.74) is 3.89. The van der Waals surface area contributed by atoms with Gasteiger partial charge in [-0.05, 0) is 40.5 Å². The lowest BCUT2D eigenvalue weighted by Gasteiger charge is -2.20. The Balaban J connectivity index is 1.46. The number of hydrogen-bond donors (Lipinski definition) is 0. The maximum atomic E-state index is 13.9. The highest BCUT2D eigenvalue weighted by molar-refractivity contribution is 6.11. The summed E-state index contributed by atoms with van der Waals surface area (Å²) in [4.78, 5) is 13.9. The smallest absolute Gasteiger partial charge is 0.204 e. The van der Waals surface area contributed by atoms with E-state index >= 15 is 0 Å². The lowest BCUT2D eigenvalue weighted by molar-refractivity contribution is 0.103. The van der Waals surface area contributed by atoms with E-state index in [4.69, 9.17) is 28.4 Å². The topological polar surface area (TPSA) is 72.5 Å². The van der Waals surface area contributed by atoms with Crippen LogP contribution in [0, 0.1) is 0 Å². The lowest BCUT2D eigenvalue weighted by atomic mass is 10.0. The van der Waals surface area contributed by atoms with E-state index in [-0.39, 0.29) is 30.3 Å². The second kappa shape index (κ2) is 15.9. The predicted molar refractivity (Wildman–Crippen MR) is 178 cm³/mol. The van der Waals surface area contributed by atoms with E-state index in [0.29, 0.717) is 35.4 Å². The molecule has 0 aliphatic heterocycles. The fraction of sp³-hybridized carbons (Fsp3) is 0.154. The largest absolute Gasteiger partial charge is 0.496 e. The van der Waals surface area contributed by atoms with Crippen molar-refractivity contribution in [1.29, 1.82) is 0 Å². The van der Waals surface area contributed by atoms with Gasteiger partial charge in [-0.2, -0.15) is 0 Å². The third-order valence-electron chi connectivity index (χ3n) is 7.15. The van der Waals surface area contributed by atoms with Crippen molar-refractivity contribution in [1.82, 2.24) is 0 Å². The molecule has 0 fully saturated rings. The molecule has 0 radical (unpaired) electrons. The Morgan fingerprint density at radius 2 is 1.04 bits per heavy atom. The van der Waals surface area contributed by atoms with Crippen LogP contribution in [0.1, 0.15) is 32.6 Å². The van der Waals surface area contributed by atoms with Crippen LogP contribution in [0.5, 0.6) is 34.5 Å². The highest BCUT2D eigenvalue weighted by Crippen LogP contribution is 2.46. The summed E-state index contributed by atoms with van der Waals surface area (Å²) in [7, 11) is 4.61. The van der Waals surface area contributed by atoms with Gasteiger partial charge in [-0.25, -0.2) is 0 Å². The minimum absolute atomic E-state index is 0.201. The number of carbonyl (C=O) groups is 1. The summed E-state index contributed by atoms with van der Waals surface area (Å²) < 4.78 is 35.5. The van der Waals surface area contributed by atoms with Gasteiger partial charge in [0.15, 0.2) is 28.8 Å². The molecule has 234 valence electrons. The third kappa shape index (κ3) is 8.07. The van der Waals surface area contributed by atoms with Crippen LogP contribution in [-0.2, 0) is 19.8 Å². The van der Waals surface area contributed by atoms with Gasteiger partial charge >= 0.3 is 0 Å². The molecule has 5 aromatic carbocycles. The van der Waals surface area contributed by atoms with Crippen LogP contribution in [0.3, 0.4) is 0 Å². The highest BCUT2D eigenvalue weighted by Gasteiger charge is 2.26. The molecule has 0 N–H and O–H groups in total. The quantitative estimate of drug-likeness (QED) is 0.0865. The summed E-state index contributed by atoms with van der Waals surface area (Å²) in [6.07, 6.45) is 3.18. The Labute approximate surface area is 269 Å². The van der Waals surface area contributed by atoms with Crippen LogP contribution < -0.4 is 28.4 Å². The molecule has 0 heterocycles. The number of hydrogen-bond acceptors (Lipinski definition) is 7. The van der Waals surface area contributed by atoms with Gasteiger partial charge in [0.1, 0.15) is 31.1 Å². The van der Waals surface area contributed by atoms with Gasteiger partial charge in [-0.1, -0.05) is 103 Å². The van der Waals surface area contributed by atoms with Crippen molar-refractivity contribution >= 4 is 11.9 Å². The monoisotopic (exact) mass is 616 g/mol. The van der Waals surface area contributed by atoms with Crippen molar-refractivity contribution in [2.75, 3.05) is 21.3 Å². The van der Waals surface area contributed by atoms with Crippen molar-refractivity contribution in [3.05, 3.63) is 149 Å². The van der Waals surface area contributed by atoms with Gasteiger partial charge in [0.2, 0.25) is 5.75 Å². The fourth-order valence-electron chi connectivity index (χ4n) is 4.79. The van der Waals surface area contributed by atoms with Gasteiger partial charge in [0, 0.05) is 6.07 Å². The second-order valence-corrected chi connectivity index (χ2v) is 10.2. The predicted octanol–water partition coefficient (Wildman–Crippen LogP) is 8.35. The first kappa shape index (κ1) is 31.7. The van der Waals surface area contributed by atoms with Crippen LogP contribution in [0.15, 0.2) is 121 Å². The number of methoxy groups -OCH3 is 3. The molecule has 0 aliphatic carbocycles. The summed E-state index contributed by atoms with van der Waals surface area (Å²) in [5, 5.41) is 0. The first-order valence-corrected chi connectivity index (χ1v) is 14.8. The Morgan fingerprint density at radius 3 is 1.57 bits per heavy atom. The molecule has 0 aliphatic rings. The zero-order chi connectivity index (χ0) is 32.1. The van der Waals surface area contributed by atoms with E-state index in [1.54, 1.807) is 25.3 Å². The zero-order valence-corrected chi connectivity index (χ0v) is 26.1. The molecule has 0 saturated carbocycles. The Kier molecular flexibility index (Phi) is 10.9. The van der Waals surface area contributed by atoms with Gasteiger partial charge in [-0.3, -0.25) is 4.79 Å². The number of allylic oxidation sites excluding steroid dienone is 1. The molecule has 0 spiro atoms. The molecular weight excluding hydrogens is 580 g/mol. The summed E-state index contributed by atoms with van der Waals surface area (Å²) in [5.74, 6) is 2.02. The van der Waals surface area contributed by atoms with E-state index in [1.807, 2.05) is 103 Å². The lowest BCUT2D eigenvalue weighted by Crippen LogP contribution is -2.09. The van der Waals surface area contributed by atoms with Crippen molar-refractivity contribution in [3.63, 3.8) is 0 Å². The Morgan fingerprint density at radius 1 is 0.522 bits per heavy atom. The van der Waals surface area contributed by atoms with Crippen LogP contribution in [-0.4, -0.2) is 27.1 Å². The van der Waals surface area contributed by atoms with Crippen molar-refractivity contribution < 1.29 is 33.2 Å². The minimum atomic E-state index is -0.338. The molecule has 0 aromatic heterocycles. The molecule has 46 heavy (non-hydrogen) atoms. The zero-order valence-electron chi connectivity index (χ0n) is 26.1. The molecule has 5 aromatic rings. The van der Waals surface area contributed by atoms with Gasteiger partial charge in [0.05, 0.1) is 21.3 Å². The van der Waals surface area contributed by atoms with E-state index in [1.165, 1.54) is 20.3 Å². The molecular formula is C39H36O7. The maximum absolute atomic E-state index is 13.9. The van der Waals surface area contributed by atoms with E-state index in [9.17, 15) is 4.79 Å². The van der Waals surface area contributed by atoms with E-state index in [2.05, 4.69) is 0 Å². The van der Waals surface area contributed by atoms with Crippen molar-refractivity contribution in [2.24, 2.45) is 0 Å². The van der Waals surface area contributed by atoms with Gasteiger partial charge < -0.3 is 28.4 Å². The number of rotatable bonds is 15. The van der Waals surface area contributed by atoms with Crippen LogP contribution in [0.25, 0.3) is 6.08 Å². The molecule has 0 unspecified atom stereocenters. The number of benzene rings is 5. The molecule has 0 bridgehead atoms. The first-order valence-electron chi connectivity index (χ1n) is 14.8. The van der Waals surface area contributed by atoms with Gasteiger partial charge in [-0.15, -0.1) is 0 Å². The molecule has 0 atom stereocenters. The molecule has 7 heteroatoms. The Bertz CT molecular complexity index is 1750. The number of ether oxygens (including phenoxy) is 6. The standard InChI is InChI=1S/C39H36O7/c1-41-33-22-20-28(23-34(33)44-25-29-13-7-4-8-14-29)19-21-32(40)37-35(42-2)24-36(45-26-30-15-9-5-10-16-30)38(43-3)39(37)46-27-31-17-11-6-12-18-31/h4-24H,25-27H2,1-3H3/b21-19+. The summed E-state index contributed by atoms with van der Waals surface area (Å²) >= 11 is 0. The van der Waals surface area contributed by atoms with Crippen molar-refractivity contribution in [3.8, 4) is 34.5 Å². The minimum Gasteiger partial charge on any atom is -0.496 e. The van der Waals surface area contributed by atoms with Crippen molar-refractivity contribution in [2.45, 2.75) is 19.8 Å². The molecule has 0 saturated heterocycles. The average Bonchev–Trinajstić information content (AvgIpc) is 3.12. The average molecular weight is 617 g/mol. The second-order valence-electron chi connectivity index (χ2n) is 10.2. The highest BCUT2D eigenvalue weighted by atomic mass is 16.5. The van der Waals surface area contributed by atoms with Crippen LogP contribution in [0.2, 0.25) is 0 Å². The fourth-order valence-corrected chi connectivity index (χ4v) is 4.79. The summed E-state index contributed by atoms with van der Waals surface area (Å²) in [6, 6.07) is 36.5. The first-order chi connectivity index (χ1) is 22.6. The van der Waals surface area contributed by atoms with E-state index in [0.717, 1.165) is 22.3 Å². The van der Waals surface area contributed by atoms with Gasteiger partial charge in [0.25, 0.3) is 0 Å². The third-order valence-corrected chi connectivity index (χ3v) is 7.15. The number of carbonyl (C=O) groups excluding carboxylic acids is 1. The number of ketones is 1. The maximum Gasteiger partial charge on any atom is 0.204 e. The van der Waals surface area contributed by atoms with E-state index < -0.39 is 0 Å². The Hall–Kier alpha value is -5.69. The molecule has 0 amide bonds. The summed E-state index contributed by atoms with van der Waals surface area (Å²) in [6.45, 7) is 0.867. The SMILES string of the molecule is COc1ccc(/C=C/C(=O)c2c(OC)cc(OCc3ccccc3)c(OC)c2OCc2ccccc2)cc1OCc1ccccc1. The molecule has 7 nitrogen and oxygen atoms in total.